The number of carbonyl (C=O) groups is 1. The zero-order chi connectivity index (χ0) is 16.9. The normalized spacial score (nSPS) is 15.8. The number of rotatable bonds is 6. The van der Waals surface area contributed by atoms with Crippen molar-refractivity contribution >= 4 is 17.4 Å². The maximum absolute atomic E-state index is 11.5. The molecule has 0 radical (unpaired) electrons. The van der Waals surface area contributed by atoms with E-state index in [-0.39, 0.29) is 6.09 Å². The summed E-state index contributed by atoms with van der Waals surface area (Å²) in [6, 6.07) is 2.77. The molecular weight excluding hydrogens is 308 g/mol. The van der Waals surface area contributed by atoms with Crippen molar-refractivity contribution in [3.05, 3.63) is 21.4 Å². The van der Waals surface area contributed by atoms with Crippen molar-refractivity contribution in [1.29, 1.82) is 0 Å². The first kappa shape index (κ1) is 18.3. The van der Waals surface area contributed by atoms with Gasteiger partial charge in [0, 0.05) is 22.3 Å². The van der Waals surface area contributed by atoms with Crippen LogP contribution in [0.15, 0.2) is 6.07 Å². The lowest BCUT2D eigenvalue weighted by Gasteiger charge is -2.19. The third-order valence-corrected chi connectivity index (χ3v) is 5.33. The molecule has 1 aromatic heterocycles. The number of hydrogen-bond donors (Lipinski definition) is 2. The van der Waals surface area contributed by atoms with E-state index in [1.165, 1.54) is 30.6 Å². The molecule has 0 saturated carbocycles. The summed E-state index contributed by atoms with van der Waals surface area (Å²) in [5.74, 6) is 0. The van der Waals surface area contributed by atoms with E-state index in [4.69, 9.17) is 4.74 Å². The van der Waals surface area contributed by atoms with Gasteiger partial charge in [-0.1, -0.05) is 0 Å². The number of fused-ring (bicyclic) bond motifs is 1. The van der Waals surface area contributed by atoms with E-state index in [2.05, 4.69) is 23.6 Å². The van der Waals surface area contributed by atoms with E-state index in [1.54, 1.807) is 10.4 Å². The van der Waals surface area contributed by atoms with E-state index < -0.39 is 5.60 Å². The molecule has 1 aromatic rings. The molecule has 5 heteroatoms. The maximum Gasteiger partial charge on any atom is 0.407 e. The summed E-state index contributed by atoms with van der Waals surface area (Å²) in [6.07, 6.45) is 5.74. The molecule has 0 spiro atoms. The summed E-state index contributed by atoms with van der Waals surface area (Å²) in [6.45, 7) is 9.36. The molecule has 1 aliphatic carbocycles. The van der Waals surface area contributed by atoms with Gasteiger partial charge in [-0.2, -0.15) is 0 Å². The van der Waals surface area contributed by atoms with E-state index in [0.29, 0.717) is 12.6 Å². The molecule has 0 fully saturated rings. The van der Waals surface area contributed by atoms with Crippen LogP contribution in [0.3, 0.4) is 0 Å². The summed E-state index contributed by atoms with van der Waals surface area (Å²) < 4.78 is 5.21. The molecule has 1 heterocycles. The summed E-state index contributed by atoms with van der Waals surface area (Å²) in [5.41, 5.74) is 1.13. The van der Waals surface area contributed by atoms with Gasteiger partial charge in [0.2, 0.25) is 0 Å². The van der Waals surface area contributed by atoms with E-state index >= 15 is 0 Å². The van der Waals surface area contributed by atoms with Gasteiger partial charge in [-0.15, -0.1) is 11.3 Å². The highest BCUT2D eigenvalue weighted by molar-refractivity contribution is 7.12. The van der Waals surface area contributed by atoms with E-state index in [9.17, 15) is 4.79 Å². The number of alkyl carbamates (subject to hydrolysis) is 1. The van der Waals surface area contributed by atoms with Crippen molar-refractivity contribution in [1.82, 2.24) is 10.6 Å². The van der Waals surface area contributed by atoms with E-state index in [1.807, 2.05) is 32.1 Å². The Bertz CT molecular complexity index is 496. The third-order valence-electron chi connectivity index (χ3n) is 3.91. The Morgan fingerprint density at radius 2 is 2.04 bits per heavy atom. The van der Waals surface area contributed by atoms with Crippen LogP contribution in [-0.4, -0.2) is 24.8 Å². The highest BCUT2D eigenvalue weighted by Gasteiger charge is 2.17. The van der Waals surface area contributed by atoms with Gasteiger partial charge < -0.3 is 15.4 Å². The Balaban J connectivity index is 1.64. The third kappa shape index (κ3) is 6.15. The Morgan fingerprint density at radius 3 is 2.74 bits per heavy atom. The lowest BCUT2D eigenvalue weighted by atomic mass is 9.99. The predicted molar refractivity (Wildman–Crippen MR) is 96.2 cm³/mol. The Hall–Kier alpha value is -1.07. The summed E-state index contributed by atoms with van der Waals surface area (Å²) in [5, 5.41) is 6.34. The van der Waals surface area contributed by atoms with Crippen LogP contribution < -0.4 is 10.6 Å². The maximum atomic E-state index is 11.5. The number of hydrogen-bond acceptors (Lipinski definition) is 4. The molecule has 2 rings (SSSR count). The fourth-order valence-electron chi connectivity index (χ4n) is 2.74. The zero-order valence-corrected chi connectivity index (χ0v) is 15.6. The van der Waals surface area contributed by atoms with Crippen LogP contribution in [0, 0.1) is 0 Å². The molecule has 0 saturated heterocycles. The predicted octanol–water partition coefficient (Wildman–Crippen LogP) is 4.19. The highest BCUT2D eigenvalue weighted by atomic mass is 32.1. The number of nitrogens with one attached hydrogen (secondary N) is 2. The van der Waals surface area contributed by atoms with Crippen molar-refractivity contribution in [2.75, 3.05) is 13.1 Å². The molecule has 2 N–H and O–H groups in total. The van der Waals surface area contributed by atoms with Crippen LogP contribution in [0.4, 0.5) is 4.79 Å². The largest absolute Gasteiger partial charge is 0.444 e. The van der Waals surface area contributed by atoms with Gasteiger partial charge in [-0.25, -0.2) is 4.79 Å². The van der Waals surface area contributed by atoms with Crippen LogP contribution in [0.25, 0.3) is 0 Å². The molecule has 1 amide bonds. The second kappa shape index (κ2) is 8.15. The van der Waals surface area contributed by atoms with Crippen LogP contribution >= 0.6 is 11.3 Å². The lowest BCUT2D eigenvalue weighted by molar-refractivity contribution is 0.0527. The molecule has 23 heavy (non-hydrogen) atoms. The summed E-state index contributed by atoms with van der Waals surface area (Å²) >= 11 is 1.97. The smallest absolute Gasteiger partial charge is 0.407 e. The number of carbonyl (C=O) groups excluding carboxylic acids is 1. The van der Waals surface area contributed by atoms with Crippen LogP contribution in [0.5, 0.6) is 0 Å². The number of ether oxygens (including phenoxy) is 1. The van der Waals surface area contributed by atoms with Crippen molar-refractivity contribution in [3.63, 3.8) is 0 Å². The number of aryl methyl sites for hydroxylation is 2. The zero-order valence-electron chi connectivity index (χ0n) is 14.8. The molecule has 0 aromatic carbocycles. The first-order valence-electron chi connectivity index (χ1n) is 8.67. The minimum absolute atomic E-state index is 0.337. The van der Waals surface area contributed by atoms with Gasteiger partial charge in [0.1, 0.15) is 5.60 Å². The van der Waals surface area contributed by atoms with Crippen LogP contribution in [-0.2, 0) is 17.6 Å². The van der Waals surface area contributed by atoms with Crippen molar-refractivity contribution in [2.45, 2.75) is 71.4 Å². The Morgan fingerprint density at radius 1 is 1.30 bits per heavy atom. The monoisotopic (exact) mass is 338 g/mol. The molecule has 1 atom stereocenters. The van der Waals surface area contributed by atoms with Gasteiger partial charge >= 0.3 is 6.09 Å². The minimum atomic E-state index is -0.435. The van der Waals surface area contributed by atoms with Gasteiger partial charge in [0.15, 0.2) is 0 Å². The SMILES string of the molecule is CC(NCCCNC(=O)OC(C)(C)C)c1cc2c(s1)CCCC2. The van der Waals surface area contributed by atoms with Crippen LogP contribution in [0.2, 0.25) is 0 Å². The average Bonchev–Trinajstić information content (AvgIpc) is 2.88. The molecule has 1 aliphatic rings. The van der Waals surface area contributed by atoms with Gasteiger partial charge in [-0.05, 0) is 78.0 Å². The summed E-state index contributed by atoms with van der Waals surface area (Å²) in [7, 11) is 0. The Labute approximate surface area is 144 Å². The van der Waals surface area contributed by atoms with E-state index in [0.717, 1.165) is 13.0 Å². The second-order valence-corrected chi connectivity index (χ2v) is 8.43. The standard InChI is InChI=1S/C18H30N2O2S/c1-13(16-12-14-8-5-6-9-15(14)23-16)19-10-7-11-20-17(21)22-18(2,3)4/h12-13,19H,5-11H2,1-4H3,(H,20,21). The molecule has 0 aliphatic heterocycles. The highest BCUT2D eigenvalue weighted by Crippen LogP contribution is 2.32. The molecule has 0 bridgehead atoms. The summed E-state index contributed by atoms with van der Waals surface area (Å²) in [4.78, 5) is 14.6. The minimum Gasteiger partial charge on any atom is -0.444 e. The molecule has 4 nitrogen and oxygen atoms in total. The number of thiophene rings is 1. The quantitative estimate of drug-likeness (QED) is 0.765. The Kier molecular flexibility index (Phi) is 6.48. The van der Waals surface area contributed by atoms with Crippen LogP contribution in [0.1, 0.15) is 68.3 Å². The lowest BCUT2D eigenvalue weighted by Crippen LogP contribution is -2.34. The molecule has 130 valence electrons. The molecular formula is C18H30N2O2S. The first-order valence-corrected chi connectivity index (χ1v) is 9.48. The second-order valence-electron chi connectivity index (χ2n) is 7.26. The van der Waals surface area contributed by atoms with Crippen molar-refractivity contribution in [2.24, 2.45) is 0 Å². The average molecular weight is 339 g/mol. The van der Waals surface area contributed by atoms with Crippen molar-refractivity contribution < 1.29 is 9.53 Å². The van der Waals surface area contributed by atoms with Gasteiger partial charge in [0.05, 0.1) is 0 Å². The van der Waals surface area contributed by atoms with Crippen molar-refractivity contribution in [3.8, 4) is 0 Å². The fraction of sp³-hybridized carbons (Fsp3) is 0.722. The van der Waals surface area contributed by atoms with Gasteiger partial charge in [0.25, 0.3) is 0 Å². The first-order chi connectivity index (χ1) is 10.8. The fourth-order valence-corrected chi connectivity index (χ4v) is 4.02. The van der Waals surface area contributed by atoms with Gasteiger partial charge in [-0.3, -0.25) is 0 Å². The topological polar surface area (TPSA) is 50.4 Å². The molecule has 1 unspecified atom stereocenters. The number of amides is 1.